The monoisotopic (exact) mass is 211 g/mol. The zero-order chi connectivity index (χ0) is 11.3. The molecule has 1 aliphatic carbocycles. The molecule has 90 valence electrons. The van der Waals surface area contributed by atoms with Crippen molar-refractivity contribution in [3.8, 4) is 0 Å². The van der Waals surface area contributed by atoms with Crippen LogP contribution in [0.3, 0.4) is 0 Å². The molecule has 0 saturated heterocycles. The van der Waals surface area contributed by atoms with E-state index in [-0.39, 0.29) is 0 Å². The van der Waals surface area contributed by atoms with Gasteiger partial charge < -0.3 is 5.32 Å². The smallest absolute Gasteiger partial charge is 0.00950 e. The molecule has 1 aliphatic rings. The van der Waals surface area contributed by atoms with Crippen LogP contribution >= 0.6 is 0 Å². The molecule has 0 spiro atoms. The van der Waals surface area contributed by atoms with E-state index < -0.39 is 0 Å². The molecule has 1 N–H and O–H groups in total. The lowest BCUT2D eigenvalue weighted by molar-refractivity contribution is 0.256. The fourth-order valence-corrected chi connectivity index (χ4v) is 2.74. The van der Waals surface area contributed by atoms with Crippen molar-refractivity contribution in [2.75, 3.05) is 0 Å². The summed E-state index contributed by atoms with van der Waals surface area (Å²) >= 11 is 0. The number of hydrogen-bond donors (Lipinski definition) is 1. The van der Waals surface area contributed by atoms with Gasteiger partial charge in [-0.05, 0) is 18.3 Å². The highest BCUT2D eigenvalue weighted by atomic mass is 14.9. The Bertz CT molecular complexity index is 157. The molecular formula is C14H29N. The Morgan fingerprint density at radius 1 is 1.00 bits per heavy atom. The fraction of sp³-hybridized carbons (Fsp3) is 1.00. The van der Waals surface area contributed by atoms with Crippen molar-refractivity contribution in [3.05, 3.63) is 0 Å². The predicted molar refractivity (Wildman–Crippen MR) is 68.1 cm³/mol. The maximum atomic E-state index is 3.73. The van der Waals surface area contributed by atoms with Crippen molar-refractivity contribution in [1.82, 2.24) is 5.32 Å². The Hall–Kier alpha value is -0.0400. The summed E-state index contributed by atoms with van der Waals surface area (Å²) in [5.74, 6) is 1.77. The molecule has 1 atom stereocenters. The lowest BCUT2D eigenvalue weighted by atomic mass is 9.82. The van der Waals surface area contributed by atoms with Crippen molar-refractivity contribution < 1.29 is 0 Å². The topological polar surface area (TPSA) is 12.0 Å². The molecule has 0 heterocycles. The Balaban J connectivity index is 2.35. The van der Waals surface area contributed by atoms with Crippen LogP contribution in [0.5, 0.6) is 0 Å². The Kier molecular flexibility index (Phi) is 5.66. The second kappa shape index (κ2) is 6.52. The molecule has 1 nitrogen and oxygen atoms in total. The van der Waals surface area contributed by atoms with Crippen LogP contribution in [-0.4, -0.2) is 12.1 Å². The summed E-state index contributed by atoms with van der Waals surface area (Å²) in [5.41, 5.74) is 0. The predicted octanol–water partition coefficient (Wildman–Crippen LogP) is 3.98. The van der Waals surface area contributed by atoms with Gasteiger partial charge in [-0.1, -0.05) is 59.8 Å². The van der Waals surface area contributed by atoms with Crippen LogP contribution in [0.25, 0.3) is 0 Å². The van der Waals surface area contributed by atoms with Crippen molar-refractivity contribution in [2.45, 2.75) is 78.3 Å². The van der Waals surface area contributed by atoms with Gasteiger partial charge in [0.05, 0.1) is 0 Å². The molecule has 1 saturated carbocycles. The molecule has 0 amide bonds. The first-order valence-corrected chi connectivity index (χ1v) is 6.85. The van der Waals surface area contributed by atoms with Gasteiger partial charge in [-0.3, -0.25) is 0 Å². The molecule has 15 heavy (non-hydrogen) atoms. The van der Waals surface area contributed by atoms with Crippen molar-refractivity contribution in [2.24, 2.45) is 11.8 Å². The summed E-state index contributed by atoms with van der Waals surface area (Å²) in [6.07, 6.45) is 8.76. The van der Waals surface area contributed by atoms with Gasteiger partial charge in [0.1, 0.15) is 0 Å². The molecule has 1 heteroatoms. The number of rotatable bonds is 5. The van der Waals surface area contributed by atoms with Crippen molar-refractivity contribution in [1.29, 1.82) is 0 Å². The summed E-state index contributed by atoms with van der Waals surface area (Å²) in [6, 6.07) is 1.36. The molecule has 1 rings (SSSR count). The van der Waals surface area contributed by atoms with E-state index in [1.807, 2.05) is 0 Å². The minimum Gasteiger partial charge on any atom is -0.312 e. The Morgan fingerprint density at radius 2 is 1.60 bits per heavy atom. The second-order valence-corrected chi connectivity index (χ2v) is 5.91. The molecule has 0 aliphatic heterocycles. The third-order valence-electron chi connectivity index (χ3n) is 3.66. The zero-order valence-electron chi connectivity index (χ0n) is 11.1. The van der Waals surface area contributed by atoms with Gasteiger partial charge in [0.2, 0.25) is 0 Å². The number of hydrogen-bond acceptors (Lipinski definition) is 1. The summed E-state index contributed by atoms with van der Waals surface area (Å²) in [4.78, 5) is 0. The minimum absolute atomic E-state index is 0.626. The quantitative estimate of drug-likeness (QED) is 0.725. The standard InChI is InChI=1S/C14H29N/c1-11(2)14(15-12(3)4)10-13-8-6-5-7-9-13/h11-15H,5-10H2,1-4H3. The minimum atomic E-state index is 0.626. The van der Waals surface area contributed by atoms with E-state index in [0.29, 0.717) is 6.04 Å². The van der Waals surface area contributed by atoms with Gasteiger partial charge in [-0.15, -0.1) is 0 Å². The molecule has 1 fully saturated rings. The van der Waals surface area contributed by atoms with E-state index in [0.717, 1.165) is 17.9 Å². The Morgan fingerprint density at radius 3 is 2.07 bits per heavy atom. The van der Waals surface area contributed by atoms with Gasteiger partial charge in [-0.2, -0.15) is 0 Å². The van der Waals surface area contributed by atoms with Crippen LogP contribution < -0.4 is 5.32 Å². The largest absolute Gasteiger partial charge is 0.312 e. The summed E-state index contributed by atoms with van der Waals surface area (Å²) in [6.45, 7) is 9.22. The van der Waals surface area contributed by atoms with E-state index in [4.69, 9.17) is 0 Å². The summed E-state index contributed by atoms with van der Waals surface area (Å²) in [7, 11) is 0. The first kappa shape index (κ1) is 13.0. The van der Waals surface area contributed by atoms with E-state index >= 15 is 0 Å². The van der Waals surface area contributed by atoms with Gasteiger partial charge in [0, 0.05) is 12.1 Å². The highest BCUT2D eigenvalue weighted by Crippen LogP contribution is 2.28. The van der Waals surface area contributed by atoms with Crippen molar-refractivity contribution in [3.63, 3.8) is 0 Å². The molecule has 0 aromatic rings. The van der Waals surface area contributed by atoms with Crippen LogP contribution in [-0.2, 0) is 0 Å². The second-order valence-electron chi connectivity index (χ2n) is 5.91. The molecular weight excluding hydrogens is 182 g/mol. The van der Waals surface area contributed by atoms with E-state index in [1.165, 1.54) is 38.5 Å². The molecule has 0 bridgehead atoms. The Labute approximate surface area is 96.0 Å². The van der Waals surface area contributed by atoms with Gasteiger partial charge in [0.25, 0.3) is 0 Å². The zero-order valence-corrected chi connectivity index (χ0v) is 11.1. The third-order valence-corrected chi connectivity index (χ3v) is 3.66. The van der Waals surface area contributed by atoms with Gasteiger partial charge in [0.15, 0.2) is 0 Å². The van der Waals surface area contributed by atoms with Gasteiger partial charge >= 0.3 is 0 Å². The molecule has 0 aromatic heterocycles. The van der Waals surface area contributed by atoms with Crippen LogP contribution in [0.2, 0.25) is 0 Å². The summed E-state index contributed by atoms with van der Waals surface area (Å²) in [5, 5.41) is 3.73. The molecule has 1 unspecified atom stereocenters. The third kappa shape index (κ3) is 5.01. The van der Waals surface area contributed by atoms with Gasteiger partial charge in [-0.25, -0.2) is 0 Å². The maximum absolute atomic E-state index is 3.73. The first-order chi connectivity index (χ1) is 7.09. The number of nitrogens with one attached hydrogen (secondary N) is 1. The van der Waals surface area contributed by atoms with E-state index in [1.54, 1.807) is 0 Å². The molecule has 0 radical (unpaired) electrons. The van der Waals surface area contributed by atoms with Crippen LogP contribution in [0.4, 0.5) is 0 Å². The molecule has 0 aromatic carbocycles. The lowest BCUT2D eigenvalue weighted by Crippen LogP contribution is -2.40. The highest BCUT2D eigenvalue weighted by molar-refractivity contribution is 4.78. The van der Waals surface area contributed by atoms with Crippen molar-refractivity contribution >= 4 is 0 Å². The average molecular weight is 211 g/mol. The summed E-state index contributed by atoms with van der Waals surface area (Å²) < 4.78 is 0. The van der Waals surface area contributed by atoms with Crippen LogP contribution in [0.15, 0.2) is 0 Å². The lowest BCUT2D eigenvalue weighted by Gasteiger charge is -2.30. The highest BCUT2D eigenvalue weighted by Gasteiger charge is 2.21. The fourth-order valence-electron chi connectivity index (χ4n) is 2.74. The van der Waals surface area contributed by atoms with E-state index in [9.17, 15) is 0 Å². The average Bonchev–Trinajstić information content (AvgIpc) is 2.17. The van der Waals surface area contributed by atoms with Crippen LogP contribution in [0, 0.1) is 11.8 Å². The normalized spacial score (nSPS) is 21.2. The first-order valence-electron chi connectivity index (χ1n) is 6.85. The van der Waals surface area contributed by atoms with Crippen LogP contribution in [0.1, 0.15) is 66.2 Å². The maximum Gasteiger partial charge on any atom is 0.00950 e. The van der Waals surface area contributed by atoms with E-state index in [2.05, 4.69) is 33.0 Å². The SMILES string of the molecule is CC(C)NC(CC1CCCCC1)C(C)C.